The lowest BCUT2D eigenvalue weighted by molar-refractivity contribution is -0.139. The summed E-state index contributed by atoms with van der Waals surface area (Å²) in [6, 6.07) is 23.1. The molecule has 1 aliphatic rings. The predicted molar refractivity (Wildman–Crippen MR) is 169 cm³/mol. The molecule has 0 radical (unpaired) electrons. The molecule has 0 aliphatic heterocycles. The van der Waals surface area contributed by atoms with Crippen molar-refractivity contribution in [3.05, 3.63) is 95.1 Å². The molecule has 0 unspecified atom stereocenters. The molecule has 0 saturated heterocycles. The SMILES string of the molecule is C.Cc1ccccc1-c1cc(CN(C(C)C)C2(Cc3ccccc3)CC2)ccc1C(=O)N[C@@H](CCS(C)(=O)=O)C(=O)O. The summed E-state index contributed by atoms with van der Waals surface area (Å²) >= 11 is 0. The molecule has 4 rings (SSSR count). The van der Waals surface area contributed by atoms with E-state index in [0.29, 0.717) is 11.6 Å². The van der Waals surface area contributed by atoms with E-state index in [4.69, 9.17) is 0 Å². The molecule has 1 atom stereocenters. The maximum Gasteiger partial charge on any atom is 0.326 e. The molecule has 8 heteroatoms. The number of benzene rings is 3. The fourth-order valence-electron chi connectivity index (χ4n) is 5.59. The number of nitrogens with one attached hydrogen (secondary N) is 1. The Kier molecular flexibility index (Phi) is 10.7. The second kappa shape index (κ2) is 13.7. The highest BCUT2D eigenvalue weighted by Gasteiger charge is 2.48. The molecular formula is C34H44N2O5S. The first-order valence-electron chi connectivity index (χ1n) is 14.1. The van der Waals surface area contributed by atoms with Gasteiger partial charge >= 0.3 is 5.97 Å². The van der Waals surface area contributed by atoms with Crippen molar-refractivity contribution in [3.63, 3.8) is 0 Å². The zero-order valence-corrected chi connectivity index (χ0v) is 25.1. The number of sulfone groups is 1. The highest BCUT2D eigenvalue weighted by molar-refractivity contribution is 7.90. The van der Waals surface area contributed by atoms with Gasteiger partial charge in [0.25, 0.3) is 5.91 Å². The second-order valence-electron chi connectivity index (χ2n) is 11.6. The van der Waals surface area contributed by atoms with Crippen LogP contribution >= 0.6 is 0 Å². The first kappa shape index (κ1) is 33.0. The van der Waals surface area contributed by atoms with E-state index in [2.05, 4.69) is 48.3 Å². The summed E-state index contributed by atoms with van der Waals surface area (Å²) in [6.07, 6.45) is 4.10. The molecule has 0 spiro atoms. The van der Waals surface area contributed by atoms with Gasteiger partial charge in [-0.25, -0.2) is 13.2 Å². The van der Waals surface area contributed by atoms with Gasteiger partial charge in [0, 0.05) is 29.9 Å². The van der Waals surface area contributed by atoms with Crippen LogP contribution < -0.4 is 5.32 Å². The van der Waals surface area contributed by atoms with E-state index >= 15 is 0 Å². The van der Waals surface area contributed by atoms with Crippen molar-refractivity contribution >= 4 is 21.7 Å². The normalized spacial score (nSPS) is 14.7. The summed E-state index contributed by atoms with van der Waals surface area (Å²) in [6.45, 7) is 7.14. The van der Waals surface area contributed by atoms with Gasteiger partial charge in [-0.15, -0.1) is 0 Å². The van der Waals surface area contributed by atoms with Gasteiger partial charge in [-0.3, -0.25) is 9.69 Å². The molecule has 1 fully saturated rings. The van der Waals surface area contributed by atoms with E-state index in [1.807, 2.05) is 49.4 Å². The van der Waals surface area contributed by atoms with Crippen molar-refractivity contribution < 1.29 is 23.1 Å². The van der Waals surface area contributed by atoms with Crippen molar-refractivity contribution in [2.75, 3.05) is 12.0 Å². The maximum atomic E-state index is 13.5. The van der Waals surface area contributed by atoms with Crippen molar-refractivity contribution in [1.29, 1.82) is 0 Å². The van der Waals surface area contributed by atoms with Gasteiger partial charge in [0.2, 0.25) is 0 Å². The van der Waals surface area contributed by atoms with Crippen LogP contribution in [0.4, 0.5) is 0 Å². The zero-order chi connectivity index (χ0) is 29.8. The summed E-state index contributed by atoms with van der Waals surface area (Å²) < 4.78 is 23.3. The molecule has 7 nitrogen and oxygen atoms in total. The minimum Gasteiger partial charge on any atom is -0.480 e. The Hall–Kier alpha value is -3.49. The van der Waals surface area contributed by atoms with Gasteiger partial charge in [-0.1, -0.05) is 68.1 Å². The molecule has 1 saturated carbocycles. The minimum atomic E-state index is -3.38. The number of carboxylic acids is 1. The van der Waals surface area contributed by atoms with Crippen LogP contribution in [0.3, 0.4) is 0 Å². The summed E-state index contributed by atoms with van der Waals surface area (Å²) in [5, 5.41) is 12.2. The number of aliphatic carboxylic acids is 1. The van der Waals surface area contributed by atoms with Gasteiger partial charge in [-0.2, -0.15) is 0 Å². The van der Waals surface area contributed by atoms with Crippen LogP contribution in [0.2, 0.25) is 0 Å². The van der Waals surface area contributed by atoms with E-state index in [9.17, 15) is 23.1 Å². The smallest absolute Gasteiger partial charge is 0.326 e. The number of carboxylic acid groups (broad SMARTS) is 1. The van der Waals surface area contributed by atoms with E-state index in [1.165, 1.54) is 5.56 Å². The molecule has 1 aliphatic carbocycles. The van der Waals surface area contributed by atoms with Crippen molar-refractivity contribution in [3.8, 4) is 11.1 Å². The van der Waals surface area contributed by atoms with E-state index in [0.717, 1.165) is 54.3 Å². The molecule has 0 bridgehead atoms. The number of aryl methyl sites for hydroxylation is 1. The third-order valence-electron chi connectivity index (χ3n) is 7.93. The Morgan fingerprint density at radius 2 is 1.60 bits per heavy atom. The monoisotopic (exact) mass is 592 g/mol. The number of carbonyl (C=O) groups is 2. The molecule has 1 amide bonds. The molecule has 0 aromatic heterocycles. The van der Waals surface area contributed by atoms with Crippen molar-refractivity contribution in [2.24, 2.45) is 0 Å². The number of hydrogen-bond donors (Lipinski definition) is 2. The topological polar surface area (TPSA) is 104 Å². The van der Waals surface area contributed by atoms with Crippen LogP contribution in [-0.2, 0) is 27.6 Å². The van der Waals surface area contributed by atoms with Crippen LogP contribution in [0.5, 0.6) is 0 Å². The lowest BCUT2D eigenvalue weighted by Crippen LogP contribution is -2.43. The number of amides is 1. The lowest BCUT2D eigenvalue weighted by atomic mass is 9.92. The zero-order valence-electron chi connectivity index (χ0n) is 24.3. The van der Waals surface area contributed by atoms with Crippen LogP contribution in [0, 0.1) is 6.92 Å². The van der Waals surface area contributed by atoms with Gasteiger partial charge in [0.05, 0.1) is 5.75 Å². The van der Waals surface area contributed by atoms with Crippen LogP contribution in [0.1, 0.15) is 67.6 Å². The number of hydrogen-bond acceptors (Lipinski definition) is 5. The largest absolute Gasteiger partial charge is 0.480 e. The average molecular weight is 593 g/mol. The third-order valence-corrected chi connectivity index (χ3v) is 8.91. The highest BCUT2D eigenvalue weighted by Crippen LogP contribution is 2.46. The molecule has 2 N–H and O–H groups in total. The van der Waals surface area contributed by atoms with E-state index in [-0.39, 0.29) is 25.1 Å². The summed E-state index contributed by atoms with van der Waals surface area (Å²) in [5.74, 6) is -2.14. The summed E-state index contributed by atoms with van der Waals surface area (Å²) in [4.78, 5) is 27.9. The Labute approximate surface area is 250 Å². The maximum absolute atomic E-state index is 13.5. The van der Waals surface area contributed by atoms with E-state index < -0.39 is 27.8 Å². The molecule has 3 aromatic carbocycles. The van der Waals surface area contributed by atoms with Gasteiger partial charge in [0.1, 0.15) is 15.9 Å². The summed E-state index contributed by atoms with van der Waals surface area (Å²) in [5.41, 5.74) is 5.46. The highest BCUT2D eigenvalue weighted by atomic mass is 32.2. The quantitative estimate of drug-likeness (QED) is 0.256. The fourth-order valence-corrected chi connectivity index (χ4v) is 6.26. The van der Waals surface area contributed by atoms with Crippen molar-refractivity contribution in [1.82, 2.24) is 10.2 Å². The first-order chi connectivity index (χ1) is 19.4. The third kappa shape index (κ3) is 8.29. The molecule has 42 heavy (non-hydrogen) atoms. The number of carbonyl (C=O) groups excluding carboxylic acids is 1. The second-order valence-corrected chi connectivity index (χ2v) is 13.8. The average Bonchev–Trinajstić information content (AvgIpc) is 3.69. The lowest BCUT2D eigenvalue weighted by Gasteiger charge is -2.36. The van der Waals surface area contributed by atoms with Gasteiger partial charge < -0.3 is 10.4 Å². The van der Waals surface area contributed by atoms with Gasteiger partial charge in [0.15, 0.2) is 0 Å². The fraction of sp³-hybridized carbons (Fsp3) is 0.412. The van der Waals surface area contributed by atoms with Crippen LogP contribution in [0.15, 0.2) is 72.8 Å². The molecular weight excluding hydrogens is 548 g/mol. The molecule has 226 valence electrons. The number of nitrogens with zero attached hydrogens (tertiary/aromatic N) is 1. The predicted octanol–water partition coefficient (Wildman–Crippen LogP) is 5.90. The van der Waals surface area contributed by atoms with Gasteiger partial charge in [-0.05, 0) is 86.4 Å². The molecule has 3 aromatic rings. The Morgan fingerprint density at radius 1 is 0.952 bits per heavy atom. The first-order valence-corrected chi connectivity index (χ1v) is 16.2. The summed E-state index contributed by atoms with van der Waals surface area (Å²) in [7, 11) is -3.38. The Balaban J connectivity index is 0.00000484. The van der Waals surface area contributed by atoms with Crippen LogP contribution in [-0.4, -0.2) is 59.9 Å². The Bertz CT molecular complexity index is 1500. The van der Waals surface area contributed by atoms with E-state index in [1.54, 1.807) is 6.07 Å². The number of rotatable bonds is 13. The molecule has 0 heterocycles. The standard InChI is InChI=1S/C33H40N2O5S.CH4/c1-23(2)35(33(17-18-33)21-25-11-6-5-7-12-25)22-26-14-15-28(29(20-26)27-13-9-8-10-24(27)3)31(36)34-30(32(37)38)16-19-41(4,39)40;/h5-15,20,23,30H,16-19,21-22H2,1-4H3,(H,34,36)(H,37,38);1H4/t30-;/m0./s1. The Morgan fingerprint density at radius 3 is 2.17 bits per heavy atom. The van der Waals surface area contributed by atoms with Crippen molar-refractivity contribution in [2.45, 2.75) is 78.0 Å². The van der Waals surface area contributed by atoms with Crippen LogP contribution in [0.25, 0.3) is 11.1 Å². The minimum absolute atomic E-state index is 0.